The molecule has 0 aromatic carbocycles. The molecule has 1 fully saturated rings. The summed E-state index contributed by atoms with van der Waals surface area (Å²) in [6.45, 7) is 1.63. The summed E-state index contributed by atoms with van der Waals surface area (Å²) < 4.78 is 0. The predicted octanol–water partition coefficient (Wildman–Crippen LogP) is 0.493. The van der Waals surface area contributed by atoms with Crippen molar-refractivity contribution in [2.75, 3.05) is 12.8 Å². The van der Waals surface area contributed by atoms with E-state index in [9.17, 15) is 9.90 Å². The van der Waals surface area contributed by atoms with Gasteiger partial charge in [-0.05, 0) is 6.92 Å². The lowest BCUT2D eigenvalue weighted by atomic mass is 10.3. The van der Waals surface area contributed by atoms with E-state index < -0.39 is 5.72 Å². The van der Waals surface area contributed by atoms with E-state index in [2.05, 4.69) is 0 Å². The molecule has 0 aromatic heterocycles. The third kappa shape index (κ3) is 1.04. The van der Waals surface area contributed by atoms with Crippen LogP contribution in [-0.2, 0) is 0 Å². The van der Waals surface area contributed by atoms with E-state index >= 15 is 0 Å². The van der Waals surface area contributed by atoms with E-state index in [1.54, 1.807) is 14.0 Å². The van der Waals surface area contributed by atoms with Gasteiger partial charge >= 0.3 is 0 Å². The maximum Gasteiger partial charge on any atom is 0.283 e. The van der Waals surface area contributed by atoms with Crippen LogP contribution in [-0.4, -0.2) is 33.8 Å². The van der Waals surface area contributed by atoms with Crippen molar-refractivity contribution in [2.45, 2.75) is 12.6 Å². The summed E-state index contributed by atoms with van der Waals surface area (Å²) in [7, 11) is 1.60. The number of nitrogens with zero attached hydrogens (tertiary/aromatic N) is 1. The number of thioether (sulfide) groups is 1. The van der Waals surface area contributed by atoms with E-state index in [0.29, 0.717) is 5.75 Å². The second kappa shape index (κ2) is 1.88. The van der Waals surface area contributed by atoms with Gasteiger partial charge in [-0.25, -0.2) is 0 Å². The Morgan fingerprint density at radius 1 is 1.89 bits per heavy atom. The van der Waals surface area contributed by atoms with Gasteiger partial charge in [0.05, 0.1) is 5.75 Å². The Hall–Kier alpha value is -0.220. The number of aliphatic hydroxyl groups is 1. The maximum absolute atomic E-state index is 10.7. The van der Waals surface area contributed by atoms with Gasteiger partial charge in [0.15, 0.2) is 0 Å². The zero-order valence-electron chi connectivity index (χ0n) is 5.42. The Labute approximate surface area is 58.0 Å². The highest BCUT2D eigenvalue weighted by Crippen LogP contribution is 2.28. The van der Waals surface area contributed by atoms with Crippen LogP contribution in [0, 0.1) is 0 Å². The minimum absolute atomic E-state index is 0.0556. The first-order chi connectivity index (χ1) is 4.04. The summed E-state index contributed by atoms with van der Waals surface area (Å²) in [5.41, 5.74) is -0.929. The lowest BCUT2D eigenvalue weighted by Crippen LogP contribution is -2.41. The van der Waals surface area contributed by atoms with E-state index in [1.807, 2.05) is 0 Å². The van der Waals surface area contributed by atoms with E-state index in [1.165, 1.54) is 4.90 Å². The van der Waals surface area contributed by atoms with Gasteiger partial charge in [-0.1, -0.05) is 11.8 Å². The molecule has 1 amide bonds. The van der Waals surface area contributed by atoms with Crippen LogP contribution in [0.1, 0.15) is 6.92 Å². The van der Waals surface area contributed by atoms with Crippen LogP contribution in [0.25, 0.3) is 0 Å². The normalized spacial score (nSPS) is 35.9. The van der Waals surface area contributed by atoms with Crippen LogP contribution in [0.2, 0.25) is 0 Å². The first-order valence-corrected chi connectivity index (χ1v) is 3.65. The molecular formula is C5H9NO2S. The van der Waals surface area contributed by atoms with Crippen molar-refractivity contribution in [3.63, 3.8) is 0 Å². The van der Waals surface area contributed by atoms with E-state index in [4.69, 9.17) is 0 Å². The molecule has 0 bridgehead atoms. The molecule has 9 heavy (non-hydrogen) atoms. The summed E-state index contributed by atoms with van der Waals surface area (Å²) in [6, 6.07) is 0. The quantitative estimate of drug-likeness (QED) is 0.542. The molecule has 0 aliphatic carbocycles. The first-order valence-electron chi connectivity index (χ1n) is 2.67. The highest BCUT2D eigenvalue weighted by Gasteiger charge is 2.37. The molecule has 1 rings (SSSR count). The molecule has 1 aliphatic rings. The molecule has 1 saturated heterocycles. The summed E-state index contributed by atoms with van der Waals surface area (Å²) in [6.07, 6.45) is 0. The zero-order valence-corrected chi connectivity index (χ0v) is 6.23. The standard InChI is InChI=1S/C5H9NO2S/c1-5(8)3-9-4(7)6(5)2/h8H,3H2,1-2H3. The Bertz CT molecular complexity index is 146. The molecule has 1 aliphatic heterocycles. The highest BCUT2D eigenvalue weighted by molar-refractivity contribution is 8.13. The number of carbonyl (C=O) groups excluding carboxylic acids is 1. The molecule has 4 heteroatoms. The molecule has 3 nitrogen and oxygen atoms in total. The lowest BCUT2D eigenvalue weighted by Gasteiger charge is -2.23. The van der Waals surface area contributed by atoms with Crippen LogP contribution >= 0.6 is 11.8 Å². The topological polar surface area (TPSA) is 40.5 Å². The fourth-order valence-corrected chi connectivity index (χ4v) is 1.57. The molecule has 0 saturated carbocycles. The molecular weight excluding hydrogens is 138 g/mol. The minimum Gasteiger partial charge on any atom is -0.370 e. The van der Waals surface area contributed by atoms with Crippen molar-refractivity contribution in [3.05, 3.63) is 0 Å². The van der Waals surface area contributed by atoms with Crippen molar-refractivity contribution < 1.29 is 9.90 Å². The van der Waals surface area contributed by atoms with Gasteiger partial charge in [0, 0.05) is 7.05 Å². The molecule has 1 atom stereocenters. The summed E-state index contributed by atoms with van der Waals surface area (Å²) in [5, 5.41) is 9.26. The van der Waals surface area contributed by atoms with Crippen molar-refractivity contribution in [1.82, 2.24) is 4.90 Å². The number of amides is 1. The highest BCUT2D eigenvalue weighted by atomic mass is 32.2. The average Bonchev–Trinajstić information content (AvgIpc) is 1.97. The van der Waals surface area contributed by atoms with Crippen molar-refractivity contribution in [1.29, 1.82) is 0 Å². The molecule has 0 aromatic rings. The fraction of sp³-hybridized carbons (Fsp3) is 0.800. The van der Waals surface area contributed by atoms with Gasteiger partial charge in [0.2, 0.25) is 0 Å². The number of hydrogen-bond donors (Lipinski definition) is 1. The second-order valence-corrected chi connectivity index (χ2v) is 3.26. The van der Waals surface area contributed by atoms with Gasteiger partial charge in [-0.2, -0.15) is 0 Å². The van der Waals surface area contributed by atoms with E-state index in [0.717, 1.165) is 11.8 Å². The number of carbonyl (C=O) groups is 1. The lowest BCUT2D eigenvalue weighted by molar-refractivity contribution is -0.0195. The molecule has 52 valence electrons. The van der Waals surface area contributed by atoms with Gasteiger partial charge < -0.3 is 10.0 Å². The third-order valence-corrected chi connectivity index (χ3v) is 2.68. The Balaban J connectivity index is 2.73. The Morgan fingerprint density at radius 3 is 2.56 bits per heavy atom. The zero-order chi connectivity index (χ0) is 7.07. The van der Waals surface area contributed by atoms with Gasteiger partial charge in [0.1, 0.15) is 5.72 Å². The van der Waals surface area contributed by atoms with Crippen LogP contribution in [0.5, 0.6) is 0 Å². The van der Waals surface area contributed by atoms with Gasteiger partial charge in [0.25, 0.3) is 5.24 Å². The minimum atomic E-state index is -0.929. The Kier molecular flexibility index (Phi) is 1.44. The monoisotopic (exact) mass is 147 g/mol. The summed E-state index contributed by atoms with van der Waals surface area (Å²) >= 11 is 1.15. The predicted molar refractivity (Wildman–Crippen MR) is 36.2 cm³/mol. The summed E-state index contributed by atoms with van der Waals surface area (Å²) in [4.78, 5) is 12.1. The van der Waals surface area contributed by atoms with Crippen molar-refractivity contribution >= 4 is 17.0 Å². The van der Waals surface area contributed by atoms with Crippen LogP contribution in [0.3, 0.4) is 0 Å². The van der Waals surface area contributed by atoms with Gasteiger partial charge in [-0.15, -0.1) is 0 Å². The van der Waals surface area contributed by atoms with Crippen LogP contribution in [0.4, 0.5) is 4.79 Å². The van der Waals surface area contributed by atoms with Crippen molar-refractivity contribution in [2.24, 2.45) is 0 Å². The molecule has 1 unspecified atom stereocenters. The first kappa shape index (κ1) is 6.89. The molecule has 0 radical (unpaired) electrons. The van der Waals surface area contributed by atoms with Crippen LogP contribution in [0.15, 0.2) is 0 Å². The largest absolute Gasteiger partial charge is 0.370 e. The second-order valence-electron chi connectivity index (χ2n) is 2.33. The smallest absolute Gasteiger partial charge is 0.283 e. The fourth-order valence-electron chi connectivity index (χ4n) is 0.589. The van der Waals surface area contributed by atoms with Crippen LogP contribution < -0.4 is 0 Å². The third-order valence-electron chi connectivity index (χ3n) is 1.47. The van der Waals surface area contributed by atoms with E-state index in [-0.39, 0.29) is 5.24 Å². The SMILES string of the molecule is CN1C(=O)SCC1(C)O. The molecule has 1 heterocycles. The average molecular weight is 147 g/mol. The molecule has 1 N–H and O–H groups in total. The summed E-state index contributed by atoms with van der Waals surface area (Å²) in [5.74, 6) is 0.475. The number of rotatable bonds is 0. The Morgan fingerprint density at radius 2 is 2.44 bits per heavy atom. The molecule has 0 spiro atoms. The number of hydrogen-bond acceptors (Lipinski definition) is 3. The van der Waals surface area contributed by atoms with Gasteiger partial charge in [-0.3, -0.25) is 4.79 Å². The maximum atomic E-state index is 10.7. The van der Waals surface area contributed by atoms with Crippen molar-refractivity contribution in [3.8, 4) is 0 Å².